The van der Waals surface area contributed by atoms with Crippen LogP contribution in [0.5, 0.6) is 5.75 Å². The molecule has 2 N–H and O–H groups in total. The number of rotatable bonds is 4. The molecule has 0 aliphatic rings. The van der Waals surface area contributed by atoms with Crippen LogP contribution in [0.25, 0.3) is 0 Å². The van der Waals surface area contributed by atoms with Crippen LogP contribution in [0.15, 0.2) is 36.4 Å². The smallest absolute Gasteiger partial charge is 0.276 e. The highest BCUT2D eigenvalue weighted by Gasteiger charge is 2.11. The van der Waals surface area contributed by atoms with Crippen LogP contribution in [0, 0.1) is 27.7 Å². The lowest BCUT2D eigenvalue weighted by Crippen LogP contribution is -2.44. The fourth-order valence-electron chi connectivity index (χ4n) is 2.59. The summed E-state index contributed by atoms with van der Waals surface area (Å²) in [5, 5.41) is 0. The molecule has 0 aliphatic carbocycles. The first kappa shape index (κ1) is 17.5. The third-order valence-electron chi connectivity index (χ3n) is 3.66. The van der Waals surface area contributed by atoms with Crippen LogP contribution in [-0.4, -0.2) is 18.4 Å². The van der Waals surface area contributed by atoms with Crippen molar-refractivity contribution in [3.8, 4) is 5.75 Å². The van der Waals surface area contributed by atoms with Crippen molar-refractivity contribution in [2.24, 2.45) is 0 Å². The first-order valence-electron chi connectivity index (χ1n) is 7.74. The van der Waals surface area contributed by atoms with E-state index < -0.39 is 5.91 Å². The summed E-state index contributed by atoms with van der Waals surface area (Å²) in [6.45, 7) is 7.56. The van der Waals surface area contributed by atoms with Crippen LogP contribution in [0.4, 0.5) is 0 Å². The van der Waals surface area contributed by atoms with Crippen molar-refractivity contribution < 1.29 is 14.3 Å². The van der Waals surface area contributed by atoms with Crippen molar-refractivity contribution in [3.05, 3.63) is 64.2 Å². The van der Waals surface area contributed by atoms with E-state index in [9.17, 15) is 9.59 Å². The second kappa shape index (κ2) is 7.64. The predicted octanol–water partition coefficient (Wildman–Crippen LogP) is 2.76. The topological polar surface area (TPSA) is 67.4 Å². The van der Waals surface area contributed by atoms with Gasteiger partial charge in [-0.15, -0.1) is 0 Å². The van der Waals surface area contributed by atoms with Gasteiger partial charge in [-0.25, -0.2) is 0 Å². The van der Waals surface area contributed by atoms with Gasteiger partial charge in [-0.3, -0.25) is 20.4 Å². The number of carbonyl (C=O) groups is 2. The van der Waals surface area contributed by atoms with Crippen LogP contribution in [-0.2, 0) is 4.79 Å². The molecule has 24 heavy (non-hydrogen) atoms. The third kappa shape index (κ3) is 4.35. The molecule has 0 aromatic heterocycles. The van der Waals surface area contributed by atoms with Gasteiger partial charge in [0.2, 0.25) is 0 Å². The minimum atomic E-state index is -0.420. The zero-order valence-corrected chi connectivity index (χ0v) is 14.4. The molecule has 0 fully saturated rings. The second-order valence-electron chi connectivity index (χ2n) is 5.83. The number of carbonyl (C=O) groups excluding carboxylic acids is 2. The SMILES string of the molecule is Cc1cc(C)c(OCC(=O)NNC(=O)c2ccccc2C)c(C)c1. The van der Waals surface area contributed by atoms with E-state index in [1.165, 1.54) is 0 Å². The van der Waals surface area contributed by atoms with E-state index >= 15 is 0 Å². The molecule has 0 atom stereocenters. The minimum Gasteiger partial charge on any atom is -0.483 e. The molecular formula is C19H22N2O3. The van der Waals surface area contributed by atoms with E-state index in [-0.39, 0.29) is 12.5 Å². The zero-order valence-electron chi connectivity index (χ0n) is 14.4. The van der Waals surface area contributed by atoms with Gasteiger partial charge in [0.25, 0.3) is 11.8 Å². The fourth-order valence-corrected chi connectivity index (χ4v) is 2.59. The summed E-state index contributed by atoms with van der Waals surface area (Å²) >= 11 is 0. The lowest BCUT2D eigenvalue weighted by atomic mass is 10.1. The largest absolute Gasteiger partial charge is 0.483 e. The van der Waals surface area contributed by atoms with E-state index in [0.29, 0.717) is 11.3 Å². The molecule has 5 heteroatoms. The summed E-state index contributed by atoms with van der Waals surface area (Å²) in [5.41, 5.74) is 9.22. The van der Waals surface area contributed by atoms with Gasteiger partial charge in [0, 0.05) is 5.56 Å². The molecule has 2 rings (SSSR count). The van der Waals surface area contributed by atoms with Gasteiger partial charge in [0.15, 0.2) is 6.61 Å². The van der Waals surface area contributed by atoms with Crippen LogP contribution in [0.2, 0.25) is 0 Å². The van der Waals surface area contributed by atoms with E-state index in [0.717, 1.165) is 22.3 Å². The molecule has 2 amide bonds. The summed E-state index contributed by atoms with van der Waals surface area (Å²) in [4.78, 5) is 23.9. The van der Waals surface area contributed by atoms with E-state index in [2.05, 4.69) is 10.9 Å². The van der Waals surface area contributed by atoms with Gasteiger partial charge in [0.1, 0.15) is 5.75 Å². The van der Waals surface area contributed by atoms with Gasteiger partial charge in [-0.05, 0) is 50.5 Å². The average molecular weight is 326 g/mol. The maximum absolute atomic E-state index is 12.0. The second-order valence-corrected chi connectivity index (χ2v) is 5.83. The molecule has 2 aromatic rings. The lowest BCUT2D eigenvalue weighted by Gasteiger charge is -2.13. The number of hydrazine groups is 1. The molecule has 0 aliphatic heterocycles. The number of amides is 2. The van der Waals surface area contributed by atoms with E-state index in [1.54, 1.807) is 12.1 Å². The quantitative estimate of drug-likeness (QED) is 0.849. The Morgan fingerprint density at radius 2 is 1.54 bits per heavy atom. The third-order valence-corrected chi connectivity index (χ3v) is 3.66. The van der Waals surface area contributed by atoms with Crippen LogP contribution in [0.1, 0.15) is 32.6 Å². The molecule has 2 aromatic carbocycles. The Labute approximate surface area is 142 Å². The maximum Gasteiger partial charge on any atom is 0.276 e. The lowest BCUT2D eigenvalue weighted by molar-refractivity contribution is -0.123. The Morgan fingerprint density at radius 3 is 2.17 bits per heavy atom. The Kier molecular flexibility index (Phi) is 5.58. The standard InChI is InChI=1S/C19H22N2O3/c1-12-9-14(3)18(15(4)10-12)24-11-17(22)20-21-19(23)16-8-6-5-7-13(16)2/h5-10H,11H2,1-4H3,(H,20,22)(H,21,23). The van der Waals surface area contributed by atoms with Crippen molar-refractivity contribution in [2.45, 2.75) is 27.7 Å². The molecule has 126 valence electrons. The summed E-state index contributed by atoms with van der Waals surface area (Å²) in [7, 11) is 0. The highest BCUT2D eigenvalue weighted by Crippen LogP contribution is 2.24. The molecule has 0 saturated heterocycles. The summed E-state index contributed by atoms with van der Waals surface area (Å²) < 4.78 is 5.58. The van der Waals surface area contributed by atoms with Crippen molar-refractivity contribution in [1.82, 2.24) is 10.9 Å². The molecule has 0 saturated carbocycles. The number of aryl methyl sites for hydroxylation is 4. The van der Waals surface area contributed by atoms with Crippen molar-refractivity contribution in [3.63, 3.8) is 0 Å². The highest BCUT2D eigenvalue weighted by atomic mass is 16.5. The van der Waals surface area contributed by atoms with Gasteiger partial charge in [0.05, 0.1) is 0 Å². The highest BCUT2D eigenvalue weighted by molar-refractivity contribution is 5.96. The normalized spacial score (nSPS) is 10.2. The van der Waals surface area contributed by atoms with Crippen molar-refractivity contribution in [1.29, 1.82) is 0 Å². The molecular weight excluding hydrogens is 304 g/mol. The van der Waals surface area contributed by atoms with Crippen LogP contribution >= 0.6 is 0 Å². The fraction of sp³-hybridized carbons (Fsp3) is 0.263. The van der Waals surface area contributed by atoms with Gasteiger partial charge < -0.3 is 4.74 Å². The molecule has 0 radical (unpaired) electrons. The minimum absolute atomic E-state index is 0.168. The Morgan fingerprint density at radius 1 is 0.917 bits per heavy atom. The zero-order chi connectivity index (χ0) is 17.7. The number of hydrogen-bond acceptors (Lipinski definition) is 3. The number of ether oxygens (including phenoxy) is 1. The van der Waals surface area contributed by atoms with Crippen molar-refractivity contribution >= 4 is 11.8 Å². The summed E-state index contributed by atoms with van der Waals surface area (Å²) in [6.07, 6.45) is 0. The van der Waals surface area contributed by atoms with E-state index in [1.807, 2.05) is 52.0 Å². The Balaban J connectivity index is 1.88. The van der Waals surface area contributed by atoms with Crippen LogP contribution in [0.3, 0.4) is 0 Å². The van der Waals surface area contributed by atoms with Crippen LogP contribution < -0.4 is 15.6 Å². The number of hydrogen-bond donors (Lipinski definition) is 2. The maximum atomic E-state index is 12.0. The average Bonchev–Trinajstić information content (AvgIpc) is 2.52. The first-order valence-corrected chi connectivity index (χ1v) is 7.74. The summed E-state index contributed by atoms with van der Waals surface area (Å²) in [5.74, 6) is -0.0820. The number of benzene rings is 2. The van der Waals surface area contributed by atoms with Gasteiger partial charge in [-0.2, -0.15) is 0 Å². The molecule has 0 unspecified atom stereocenters. The summed E-state index contributed by atoms with van der Waals surface area (Å²) in [6, 6.07) is 11.2. The number of nitrogens with one attached hydrogen (secondary N) is 2. The first-order chi connectivity index (χ1) is 11.4. The van der Waals surface area contributed by atoms with Gasteiger partial charge in [-0.1, -0.05) is 35.9 Å². The molecule has 0 spiro atoms. The van der Waals surface area contributed by atoms with Crippen molar-refractivity contribution in [2.75, 3.05) is 6.61 Å². The molecule has 0 bridgehead atoms. The van der Waals surface area contributed by atoms with Gasteiger partial charge >= 0.3 is 0 Å². The molecule has 5 nitrogen and oxygen atoms in total. The molecule has 0 heterocycles. The predicted molar refractivity (Wildman–Crippen MR) is 92.9 cm³/mol. The monoisotopic (exact) mass is 326 g/mol. The van der Waals surface area contributed by atoms with E-state index in [4.69, 9.17) is 4.74 Å². The Hall–Kier alpha value is -2.82. The Bertz CT molecular complexity index is 746.